The van der Waals surface area contributed by atoms with E-state index in [9.17, 15) is 15.1 Å². The molecule has 2 aliphatic heterocycles. The summed E-state index contributed by atoms with van der Waals surface area (Å²) < 4.78 is 66.0. The van der Waals surface area contributed by atoms with E-state index < -0.39 is 86.6 Å². The molecule has 16 heteroatoms. The van der Waals surface area contributed by atoms with Crippen molar-refractivity contribution in [1.29, 1.82) is 0 Å². The van der Waals surface area contributed by atoms with Gasteiger partial charge in [0.15, 0.2) is 24.8 Å². The Morgan fingerprint density at radius 2 is 1.03 bits per heavy atom. The summed E-state index contributed by atoms with van der Waals surface area (Å²) >= 11 is 0. The number of methoxy groups -OCH3 is 1. The third-order valence-electron chi connectivity index (χ3n) is 12.4. The van der Waals surface area contributed by atoms with Crippen LogP contribution in [0, 0.1) is 0 Å². The molecule has 7 rings (SSSR count). The molecular formula is C54H63N3O12Si. The van der Waals surface area contributed by atoms with Gasteiger partial charge in [0.05, 0.1) is 33.0 Å². The van der Waals surface area contributed by atoms with Crippen molar-refractivity contribution in [2.75, 3.05) is 20.3 Å². The predicted molar refractivity (Wildman–Crippen MR) is 263 cm³/mol. The van der Waals surface area contributed by atoms with Gasteiger partial charge in [-0.05, 0) is 37.6 Å². The average molecular weight is 974 g/mol. The molecule has 2 heterocycles. The molecule has 10 atom stereocenters. The minimum Gasteiger partial charge on any atom is -0.458 e. The van der Waals surface area contributed by atoms with Crippen molar-refractivity contribution in [2.45, 2.75) is 121 Å². The number of carbonyl (C=O) groups excluding carboxylic acids is 2. The summed E-state index contributed by atoms with van der Waals surface area (Å²) in [6.45, 7) is 9.24. The minimum absolute atomic E-state index is 0.0151. The van der Waals surface area contributed by atoms with Crippen molar-refractivity contribution in [2.24, 2.45) is 5.11 Å². The van der Waals surface area contributed by atoms with Gasteiger partial charge in [0.1, 0.15) is 36.6 Å². The molecule has 15 nitrogen and oxygen atoms in total. The molecule has 2 saturated heterocycles. The highest BCUT2D eigenvalue weighted by atomic mass is 28.4. The third-order valence-corrected chi connectivity index (χ3v) is 17.4. The highest BCUT2D eigenvalue weighted by molar-refractivity contribution is 6.99. The first-order valence-electron chi connectivity index (χ1n) is 23.5. The SMILES string of the molecule is CO[C@H]1O[C@H](COCc2ccccc2)[C@@H](O[C@H]2O[C@H](CO[Si](c3ccccc3)(c3ccccc3)C(C)(C)C)[C@H](OC(C)=O)[C@H](OC(C)=O)[C@H]2N=[N+]=[N-])[C@H](OCc2ccccc2)[C@H]1OCc1ccccc1. The van der Waals surface area contributed by atoms with Gasteiger partial charge in [-0.15, -0.1) is 0 Å². The van der Waals surface area contributed by atoms with Crippen molar-refractivity contribution in [3.63, 3.8) is 0 Å². The Bertz CT molecular complexity index is 2390. The molecule has 0 N–H and O–H groups in total. The van der Waals surface area contributed by atoms with E-state index in [-0.39, 0.29) is 33.0 Å². The average Bonchev–Trinajstić information content (AvgIpc) is 3.36. The number of ether oxygens (including phenoxy) is 9. The van der Waals surface area contributed by atoms with Crippen LogP contribution in [0.1, 0.15) is 51.3 Å². The first-order chi connectivity index (χ1) is 33.9. The lowest BCUT2D eigenvalue weighted by atomic mass is 9.95. The van der Waals surface area contributed by atoms with E-state index in [2.05, 4.69) is 55.1 Å². The number of rotatable bonds is 21. The van der Waals surface area contributed by atoms with Gasteiger partial charge in [-0.1, -0.05) is 178 Å². The second-order valence-corrected chi connectivity index (χ2v) is 22.6. The molecule has 0 radical (unpaired) electrons. The molecule has 2 fully saturated rings. The largest absolute Gasteiger partial charge is 0.458 e. The first kappa shape index (κ1) is 52.1. The lowest BCUT2D eigenvalue weighted by Crippen LogP contribution is -2.69. The second kappa shape index (κ2) is 24.9. The van der Waals surface area contributed by atoms with Gasteiger partial charge >= 0.3 is 11.9 Å². The van der Waals surface area contributed by atoms with Crippen LogP contribution < -0.4 is 10.4 Å². The zero-order valence-electron chi connectivity index (χ0n) is 40.5. The molecule has 0 aromatic heterocycles. The zero-order valence-corrected chi connectivity index (χ0v) is 41.5. The number of hydrogen-bond donors (Lipinski definition) is 0. The molecule has 70 heavy (non-hydrogen) atoms. The van der Waals surface area contributed by atoms with Crippen LogP contribution in [0.4, 0.5) is 0 Å². The highest BCUT2D eigenvalue weighted by Crippen LogP contribution is 2.40. The Morgan fingerprint density at radius 3 is 1.50 bits per heavy atom. The van der Waals surface area contributed by atoms with Crippen LogP contribution in [0.2, 0.25) is 5.04 Å². The summed E-state index contributed by atoms with van der Waals surface area (Å²) in [5.74, 6) is -1.41. The Morgan fingerprint density at radius 1 is 0.586 bits per heavy atom. The Balaban J connectivity index is 1.32. The maximum Gasteiger partial charge on any atom is 0.303 e. The van der Waals surface area contributed by atoms with Crippen LogP contribution in [-0.4, -0.2) is 102 Å². The van der Waals surface area contributed by atoms with E-state index in [0.717, 1.165) is 27.1 Å². The van der Waals surface area contributed by atoms with Crippen molar-refractivity contribution in [1.82, 2.24) is 0 Å². The smallest absolute Gasteiger partial charge is 0.303 e. The lowest BCUT2D eigenvalue weighted by Gasteiger charge is -2.50. The second-order valence-electron chi connectivity index (χ2n) is 18.3. The number of carbonyl (C=O) groups is 2. The number of nitrogens with zero attached hydrogens (tertiary/aromatic N) is 3. The van der Waals surface area contributed by atoms with E-state index in [1.54, 1.807) is 0 Å². The van der Waals surface area contributed by atoms with Crippen LogP contribution >= 0.6 is 0 Å². The number of hydrogen-bond acceptors (Lipinski definition) is 13. The van der Waals surface area contributed by atoms with Crippen LogP contribution in [0.5, 0.6) is 0 Å². The van der Waals surface area contributed by atoms with Crippen LogP contribution in [0.25, 0.3) is 10.4 Å². The van der Waals surface area contributed by atoms with Crippen LogP contribution in [0.15, 0.2) is 157 Å². The molecule has 5 aromatic carbocycles. The van der Waals surface area contributed by atoms with Gasteiger partial charge in [0.2, 0.25) is 0 Å². The normalized spacial score (nSPS) is 24.8. The van der Waals surface area contributed by atoms with Gasteiger partial charge in [-0.2, -0.15) is 0 Å². The predicted octanol–water partition coefficient (Wildman–Crippen LogP) is 7.97. The summed E-state index contributed by atoms with van der Waals surface area (Å²) in [4.78, 5) is 29.3. The fourth-order valence-electron chi connectivity index (χ4n) is 9.24. The maximum atomic E-state index is 13.1. The van der Waals surface area contributed by atoms with E-state index in [0.29, 0.717) is 0 Å². The summed E-state index contributed by atoms with van der Waals surface area (Å²) in [5.41, 5.74) is 12.9. The van der Waals surface area contributed by atoms with Crippen molar-refractivity contribution >= 4 is 30.6 Å². The van der Waals surface area contributed by atoms with Gasteiger partial charge < -0.3 is 47.1 Å². The topological polar surface area (TPSA) is 175 Å². The first-order valence-corrected chi connectivity index (χ1v) is 25.4. The van der Waals surface area contributed by atoms with E-state index in [1.165, 1.54) is 21.0 Å². The molecule has 0 unspecified atom stereocenters. The van der Waals surface area contributed by atoms with Gasteiger partial charge in [0, 0.05) is 25.9 Å². The fourth-order valence-corrected chi connectivity index (χ4v) is 13.8. The standard InChI is InChI=1S/C54H63N3O12Si/c1-37(58)65-47-45(36-64-70(54(3,4)5,42-28-18-10-19-29-42)43-30-20-11-21-31-43)67-52(46(56-57-55)49(47)66-38(2)59)69-48-44(35-61-32-39-22-12-7-13-23-39)68-53(60-6)51(63-34-41-26-16-9-17-27-41)50(48)62-33-40-24-14-8-15-25-40/h7-31,44-53H,32-36H2,1-6H3/t44-,45-,46-,47+,48-,49-,50+,51-,52-,53+/m1/s1. The molecule has 0 aliphatic carbocycles. The van der Waals surface area contributed by atoms with Gasteiger partial charge in [-0.25, -0.2) is 0 Å². The summed E-state index contributed by atoms with van der Waals surface area (Å²) in [5, 5.41) is 5.67. The number of benzene rings is 5. The van der Waals surface area contributed by atoms with Gasteiger partial charge in [0.25, 0.3) is 8.32 Å². The lowest BCUT2D eigenvalue weighted by molar-refractivity contribution is -0.355. The molecule has 2 aliphatic rings. The maximum absolute atomic E-state index is 13.1. The molecular weight excluding hydrogens is 911 g/mol. The Kier molecular flexibility index (Phi) is 18.5. The molecule has 0 bridgehead atoms. The van der Waals surface area contributed by atoms with E-state index in [1.807, 2.05) is 127 Å². The molecule has 0 saturated carbocycles. The van der Waals surface area contributed by atoms with Gasteiger partial charge in [-0.3, -0.25) is 9.59 Å². The zero-order chi connectivity index (χ0) is 49.5. The highest BCUT2D eigenvalue weighted by Gasteiger charge is 2.57. The third kappa shape index (κ3) is 13.0. The van der Waals surface area contributed by atoms with E-state index in [4.69, 9.17) is 47.1 Å². The van der Waals surface area contributed by atoms with Crippen molar-refractivity contribution in [3.8, 4) is 0 Å². The number of azide groups is 1. The molecule has 0 spiro atoms. The summed E-state index contributed by atoms with van der Waals surface area (Å²) in [7, 11) is -1.73. The minimum atomic E-state index is -3.26. The summed E-state index contributed by atoms with van der Waals surface area (Å²) in [6, 6.07) is 47.7. The Labute approximate surface area is 411 Å². The molecule has 370 valence electrons. The summed E-state index contributed by atoms with van der Waals surface area (Å²) in [6.07, 6.45) is -10.2. The van der Waals surface area contributed by atoms with Crippen LogP contribution in [0.3, 0.4) is 0 Å². The van der Waals surface area contributed by atoms with E-state index >= 15 is 0 Å². The van der Waals surface area contributed by atoms with Crippen molar-refractivity contribution < 1.29 is 56.6 Å². The quantitative estimate of drug-likeness (QED) is 0.0228. The Hall–Kier alpha value is -5.75. The van der Waals surface area contributed by atoms with Crippen LogP contribution in [-0.2, 0) is 76.5 Å². The van der Waals surface area contributed by atoms with Crippen molar-refractivity contribution in [3.05, 3.63) is 179 Å². The monoisotopic (exact) mass is 973 g/mol. The number of esters is 2. The molecule has 0 amide bonds. The fraction of sp³-hybridized carbons (Fsp3) is 0.407. The molecule has 5 aromatic rings.